The maximum absolute atomic E-state index is 11.3. The van der Waals surface area contributed by atoms with E-state index in [9.17, 15) is 15.3 Å². The van der Waals surface area contributed by atoms with Gasteiger partial charge in [-0.1, -0.05) is 91.0 Å². The molecule has 0 radical (unpaired) electrons. The Kier molecular flexibility index (Phi) is 6.99. The summed E-state index contributed by atoms with van der Waals surface area (Å²) in [5.41, 5.74) is 4.57. The molecular formula is C36H26O5. The van der Waals surface area contributed by atoms with Crippen LogP contribution in [-0.4, -0.2) is 15.3 Å². The van der Waals surface area contributed by atoms with Gasteiger partial charge >= 0.3 is 0 Å². The number of benzene rings is 6. The van der Waals surface area contributed by atoms with E-state index in [4.69, 9.17) is 9.47 Å². The van der Waals surface area contributed by atoms with Crippen molar-refractivity contribution >= 4 is 0 Å². The number of aromatic hydroxyl groups is 3. The van der Waals surface area contributed by atoms with Gasteiger partial charge in [0.25, 0.3) is 0 Å². The average molecular weight is 539 g/mol. The van der Waals surface area contributed by atoms with E-state index in [0.29, 0.717) is 33.9 Å². The number of hydrogen-bond acceptors (Lipinski definition) is 5. The molecule has 0 amide bonds. The molecule has 0 unspecified atom stereocenters. The summed E-state index contributed by atoms with van der Waals surface area (Å²) in [6.45, 7) is 0. The molecule has 0 heterocycles. The molecule has 0 aliphatic heterocycles. The van der Waals surface area contributed by atoms with Crippen molar-refractivity contribution in [2.24, 2.45) is 0 Å². The van der Waals surface area contributed by atoms with Crippen LogP contribution in [0.15, 0.2) is 140 Å². The van der Waals surface area contributed by atoms with Crippen molar-refractivity contribution in [1.82, 2.24) is 0 Å². The minimum absolute atomic E-state index is 0.107. The Bertz CT molecular complexity index is 1800. The highest BCUT2D eigenvalue weighted by molar-refractivity contribution is 5.79. The molecule has 6 aromatic rings. The fraction of sp³-hybridized carbons (Fsp3) is 0. The zero-order valence-corrected chi connectivity index (χ0v) is 21.9. The van der Waals surface area contributed by atoms with Gasteiger partial charge in [0.15, 0.2) is 11.5 Å². The van der Waals surface area contributed by atoms with Gasteiger partial charge in [-0.2, -0.15) is 0 Å². The van der Waals surface area contributed by atoms with Crippen LogP contribution in [0.3, 0.4) is 0 Å². The van der Waals surface area contributed by atoms with Crippen LogP contribution < -0.4 is 9.47 Å². The van der Waals surface area contributed by atoms with Crippen LogP contribution in [0.5, 0.6) is 40.2 Å². The van der Waals surface area contributed by atoms with Crippen molar-refractivity contribution in [3.63, 3.8) is 0 Å². The molecule has 5 heteroatoms. The molecule has 3 N–H and O–H groups in total. The molecule has 6 rings (SSSR count). The van der Waals surface area contributed by atoms with Crippen LogP contribution in [0.25, 0.3) is 33.4 Å². The van der Waals surface area contributed by atoms with Crippen molar-refractivity contribution in [2.75, 3.05) is 0 Å². The Hall–Kier alpha value is -5.68. The maximum Gasteiger partial charge on any atom is 0.177 e. The molecule has 41 heavy (non-hydrogen) atoms. The van der Waals surface area contributed by atoms with Crippen LogP contribution in [-0.2, 0) is 0 Å². The van der Waals surface area contributed by atoms with Crippen molar-refractivity contribution in [3.05, 3.63) is 140 Å². The lowest BCUT2D eigenvalue weighted by Crippen LogP contribution is -1.94. The zero-order valence-electron chi connectivity index (χ0n) is 21.9. The van der Waals surface area contributed by atoms with E-state index in [-0.39, 0.29) is 23.0 Å². The molecule has 0 atom stereocenters. The Balaban J connectivity index is 1.45. The van der Waals surface area contributed by atoms with Gasteiger partial charge in [0.2, 0.25) is 0 Å². The van der Waals surface area contributed by atoms with E-state index in [0.717, 1.165) is 16.7 Å². The predicted octanol–water partition coefficient (Wildman–Crippen LogP) is 9.39. The van der Waals surface area contributed by atoms with E-state index in [2.05, 4.69) is 0 Å². The number of ether oxygens (including phenoxy) is 2. The third-order valence-electron chi connectivity index (χ3n) is 6.66. The first-order chi connectivity index (χ1) is 20.0. The fourth-order valence-corrected chi connectivity index (χ4v) is 4.72. The fourth-order valence-electron chi connectivity index (χ4n) is 4.72. The Labute approximate surface area is 237 Å². The van der Waals surface area contributed by atoms with Crippen LogP contribution in [0, 0.1) is 0 Å². The van der Waals surface area contributed by atoms with Gasteiger partial charge in [0.05, 0.1) is 0 Å². The largest absolute Gasteiger partial charge is 0.508 e. The van der Waals surface area contributed by atoms with Gasteiger partial charge in [0.1, 0.15) is 28.7 Å². The molecule has 200 valence electrons. The molecule has 0 aliphatic rings. The minimum atomic E-state index is -0.117. The summed E-state index contributed by atoms with van der Waals surface area (Å²) in [4.78, 5) is 0. The summed E-state index contributed by atoms with van der Waals surface area (Å²) in [6.07, 6.45) is 0. The topological polar surface area (TPSA) is 79.2 Å². The first-order valence-electron chi connectivity index (χ1n) is 13.1. The molecule has 0 fully saturated rings. The molecule has 0 aromatic heterocycles. The molecule has 0 spiro atoms. The second-order valence-electron chi connectivity index (χ2n) is 9.48. The molecule has 0 bridgehead atoms. The smallest absolute Gasteiger partial charge is 0.177 e. The van der Waals surface area contributed by atoms with E-state index >= 15 is 0 Å². The van der Waals surface area contributed by atoms with Crippen molar-refractivity contribution < 1.29 is 24.8 Å². The Morgan fingerprint density at radius 2 is 0.829 bits per heavy atom. The molecule has 0 aliphatic carbocycles. The molecule has 0 saturated heterocycles. The van der Waals surface area contributed by atoms with Crippen LogP contribution in [0.4, 0.5) is 0 Å². The van der Waals surface area contributed by atoms with E-state index in [1.807, 2.05) is 97.1 Å². The van der Waals surface area contributed by atoms with E-state index in [1.165, 1.54) is 6.07 Å². The van der Waals surface area contributed by atoms with Crippen LogP contribution >= 0.6 is 0 Å². The number of phenolic OH excluding ortho intramolecular Hbond substituents is 3. The lowest BCUT2D eigenvalue weighted by molar-refractivity contribution is 0.406. The lowest BCUT2D eigenvalue weighted by atomic mass is 10.0. The first-order valence-corrected chi connectivity index (χ1v) is 13.1. The van der Waals surface area contributed by atoms with Crippen LogP contribution in [0.1, 0.15) is 0 Å². The first kappa shape index (κ1) is 25.6. The summed E-state index contributed by atoms with van der Waals surface area (Å²) in [5, 5.41) is 31.7. The van der Waals surface area contributed by atoms with Crippen molar-refractivity contribution in [3.8, 4) is 73.6 Å². The third kappa shape index (κ3) is 5.56. The van der Waals surface area contributed by atoms with E-state index < -0.39 is 0 Å². The number of hydrogen-bond donors (Lipinski definition) is 3. The normalized spacial score (nSPS) is 10.7. The second kappa shape index (κ2) is 11.2. The Morgan fingerprint density at radius 1 is 0.390 bits per heavy atom. The maximum atomic E-state index is 11.3. The zero-order chi connectivity index (χ0) is 28.2. The SMILES string of the molecule is Oc1ccc(Oc2cc(O)c(Oc3ccc(O)cc3-c3ccccc3)c(-c3ccccc3)c2)c(-c2ccccc2)c1. The minimum Gasteiger partial charge on any atom is -0.508 e. The third-order valence-corrected chi connectivity index (χ3v) is 6.66. The summed E-state index contributed by atoms with van der Waals surface area (Å²) < 4.78 is 12.7. The van der Waals surface area contributed by atoms with Gasteiger partial charge < -0.3 is 24.8 Å². The molecular weight excluding hydrogens is 512 g/mol. The monoisotopic (exact) mass is 538 g/mol. The summed E-state index contributed by atoms with van der Waals surface area (Å²) in [6, 6.07) is 41.9. The highest BCUT2D eigenvalue weighted by atomic mass is 16.5. The highest BCUT2D eigenvalue weighted by Crippen LogP contribution is 2.47. The van der Waals surface area contributed by atoms with Crippen molar-refractivity contribution in [2.45, 2.75) is 0 Å². The molecule has 0 saturated carbocycles. The number of rotatable bonds is 7. The molecule has 6 aromatic carbocycles. The summed E-state index contributed by atoms with van der Waals surface area (Å²) in [7, 11) is 0. The van der Waals surface area contributed by atoms with Crippen molar-refractivity contribution in [1.29, 1.82) is 0 Å². The van der Waals surface area contributed by atoms with Gasteiger partial charge in [-0.25, -0.2) is 0 Å². The average Bonchev–Trinajstić information content (AvgIpc) is 3.01. The van der Waals surface area contributed by atoms with Crippen LogP contribution in [0.2, 0.25) is 0 Å². The Morgan fingerprint density at radius 3 is 1.32 bits per heavy atom. The standard InChI is InChI=1S/C36H26O5/c37-27-16-18-34(30(20-27)24-10-4-1-5-11-24)40-29-22-32(26-14-8-3-9-15-26)36(33(39)23-29)41-35-19-17-28(38)21-31(35)25-12-6-2-7-13-25/h1-23,37-39H. The van der Waals surface area contributed by atoms with Gasteiger partial charge in [-0.05, 0) is 59.2 Å². The summed E-state index contributed by atoms with van der Waals surface area (Å²) >= 11 is 0. The molecule has 5 nitrogen and oxygen atoms in total. The quantitative estimate of drug-likeness (QED) is 0.189. The lowest BCUT2D eigenvalue weighted by Gasteiger charge is -2.18. The second-order valence-corrected chi connectivity index (χ2v) is 9.48. The summed E-state index contributed by atoms with van der Waals surface area (Å²) in [5.74, 6) is 1.75. The van der Waals surface area contributed by atoms with Gasteiger partial charge in [0, 0.05) is 22.8 Å². The number of phenols is 3. The van der Waals surface area contributed by atoms with Gasteiger partial charge in [-0.3, -0.25) is 0 Å². The predicted molar refractivity (Wildman–Crippen MR) is 161 cm³/mol. The van der Waals surface area contributed by atoms with Gasteiger partial charge in [-0.15, -0.1) is 0 Å². The highest BCUT2D eigenvalue weighted by Gasteiger charge is 2.19. The van der Waals surface area contributed by atoms with E-state index in [1.54, 1.807) is 36.4 Å².